The van der Waals surface area contributed by atoms with Crippen molar-refractivity contribution in [2.75, 3.05) is 26.6 Å². The highest BCUT2D eigenvalue weighted by Gasteiger charge is 2.09. The topological polar surface area (TPSA) is 92.0 Å². The van der Waals surface area contributed by atoms with E-state index in [0.29, 0.717) is 28.9 Å². The van der Waals surface area contributed by atoms with Crippen LogP contribution in [0.3, 0.4) is 0 Å². The second kappa shape index (κ2) is 6.80. The minimum Gasteiger partial charge on any atom is -0.493 e. The molecule has 0 radical (unpaired) electrons. The summed E-state index contributed by atoms with van der Waals surface area (Å²) in [5.74, 6) is 0.897. The standard InChI is InChI=1S/C14H16O7S/c1-18-12-8-10-4-5-14(15)21-11(10)9-13(12)19-6-3-7-20-22(2,16)17/h4-5,8-9H,3,6-7H2,1-2H3. The summed E-state index contributed by atoms with van der Waals surface area (Å²) >= 11 is 0. The molecule has 0 aliphatic carbocycles. The van der Waals surface area contributed by atoms with Crippen molar-refractivity contribution in [2.45, 2.75) is 6.42 Å². The molecular weight excluding hydrogens is 312 g/mol. The van der Waals surface area contributed by atoms with E-state index in [1.807, 2.05) is 0 Å². The van der Waals surface area contributed by atoms with E-state index in [1.165, 1.54) is 13.2 Å². The Morgan fingerprint density at radius 2 is 1.91 bits per heavy atom. The average Bonchev–Trinajstić information content (AvgIpc) is 2.44. The molecule has 1 heterocycles. The van der Waals surface area contributed by atoms with Gasteiger partial charge >= 0.3 is 5.63 Å². The SMILES string of the molecule is COc1cc2ccc(=O)oc2cc1OCCCOS(C)(=O)=O. The maximum Gasteiger partial charge on any atom is 0.336 e. The van der Waals surface area contributed by atoms with Gasteiger partial charge in [-0.3, -0.25) is 4.18 Å². The van der Waals surface area contributed by atoms with E-state index in [1.54, 1.807) is 18.2 Å². The lowest BCUT2D eigenvalue weighted by atomic mass is 10.2. The van der Waals surface area contributed by atoms with E-state index in [-0.39, 0.29) is 13.2 Å². The summed E-state index contributed by atoms with van der Waals surface area (Å²) in [6, 6.07) is 6.21. The lowest BCUT2D eigenvalue weighted by Gasteiger charge is -2.11. The van der Waals surface area contributed by atoms with E-state index in [2.05, 4.69) is 4.18 Å². The van der Waals surface area contributed by atoms with Crippen molar-refractivity contribution in [3.05, 3.63) is 34.7 Å². The second-order valence-electron chi connectivity index (χ2n) is 4.52. The number of fused-ring (bicyclic) bond motifs is 1. The number of benzene rings is 1. The van der Waals surface area contributed by atoms with Gasteiger partial charge in [0.2, 0.25) is 0 Å². The quantitative estimate of drug-likeness (QED) is 0.432. The molecule has 1 aromatic heterocycles. The highest BCUT2D eigenvalue weighted by atomic mass is 32.2. The minimum absolute atomic E-state index is 0.0316. The van der Waals surface area contributed by atoms with Gasteiger partial charge < -0.3 is 13.9 Å². The van der Waals surface area contributed by atoms with Crippen molar-refractivity contribution in [1.29, 1.82) is 0 Å². The van der Waals surface area contributed by atoms with Gasteiger partial charge in [0.05, 0.1) is 26.6 Å². The van der Waals surface area contributed by atoms with Crippen molar-refractivity contribution >= 4 is 21.1 Å². The summed E-state index contributed by atoms with van der Waals surface area (Å²) in [7, 11) is -1.95. The third-order valence-corrected chi connectivity index (χ3v) is 3.34. The predicted molar refractivity (Wildman–Crippen MR) is 79.9 cm³/mol. The fourth-order valence-electron chi connectivity index (χ4n) is 1.80. The van der Waals surface area contributed by atoms with Gasteiger partial charge in [-0.25, -0.2) is 4.79 Å². The van der Waals surface area contributed by atoms with Crippen molar-refractivity contribution < 1.29 is 26.5 Å². The summed E-state index contributed by atoms with van der Waals surface area (Å²) in [5, 5.41) is 0.712. The van der Waals surface area contributed by atoms with Crippen molar-refractivity contribution in [3.63, 3.8) is 0 Å². The Kier molecular flexibility index (Phi) is 5.04. The van der Waals surface area contributed by atoms with E-state index in [9.17, 15) is 13.2 Å². The van der Waals surface area contributed by atoms with E-state index in [0.717, 1.165) is 6.26 Å². The Labute approximate surface area is 127 Å². The molecule has 7 nitrogen and oxygen atoms in total. The van der Waals surface area contributed by atoms with Gasteiger partial charge in [-0.1, -0.05) is 0 Å². The van der Waals surface area contributed by atoms with Crippen molar-refractivity contribution in [3.8, 4) is 11.5 Å². The van der Waals surface area contributed by atoms with Gasteiger partial charge in [0.25, 0.3) is 10.1 Å². The van der Waals surface area contributed by atoms with Crippen LogP contribution in [0.5, 0.6) is 11.5 Å². The zero-order chi connectivity index (χ0) is 16.2. The maximum atomic E-state index is 11.2. The van der Waals surface area contributed by atoms with Crippen LogP contribution in [-0.2, 0) is 14.3 Å². The number of hydrogen-bond donors (Lipinski definition) is 0. The van der Waals surface area contributed by atoms with Crippen LogP contribution in [0, 0.1) is 0 Å². The highest BCUT2D eigenvalue weighted by Crippen LogP contribution is 2.31. The Bertz CT molecular complexity index is 808. The van der Waals surface area contributed by atoms with Crippen LogP contribution in [0.15, 0.2) is 33.5 Å². The van der Waals surface area contributed by atoms with E-state index in [4.69, 9.17) is 13.9 Å². The molecule has 0 unspecified atom stereocenters. The lowest BCUT2D eigenvalue weighted by molar-refractivity contribution is 0.244. The number of rotatable bonds is 7. The van der Waals surface area contributed by atoms with Crippen LogP contribution in [0.25, 0.3) is 11.0 Å². The molecule has 0 aliphatic heterocycles. The van der Waals surface area contributed by atoms with Crippen LogP contribution < -0.4 is 15.1 Å². The first kappa shape index (κ1) is 16.3. The maximum absolute atomic E-state index is 11.2. The number of methoxy groups -OCH3 is 1. The lowest BCUT2D eigenvalue weighted by Crippen LogP contribution is -2.08. The fourth-order valence-corrected chi connectivity index (χ4v) is 2.22. The van der Waals surface area contributed by atoms with Gasteiger partial charge in [0, 0.05) is 23.9 Å². The first-order valence-electron chi connectivity index (χ1n) is 6.48. The van der Waals surface area contributed by atoms with Gasteiger partial charge in [0.1, 0.15) is 5.58 Å². The number of ether oxygens (including phenoxy) is 2. The summed E-state index contributed by atoms with van der Waals surface area (Å²) in [4.78, 5) is 11.2. The van der Waals surface area contributed by atoms with Crippen molar-refractivity contribution in [1.82, 2.24) is 0 Å². The second-order valence-corrected chi connectivity index (χ2v) is 6.17. The van der Waals surface area contributed by atoms with Crippen molar-refractivity contribution in [2.24, 2.45) is 0 Å². The molecule has 2 rings (SSSR count). The first-order chi connectivity index (χ1) is 10.4. The van der Waals surface area contributed by atoms with E-state index < -0.39 is 15.7 Å². The Balaban J connectivity index is 2.07. The van der Waals surface area contributed by atoms with Gasteiger partial charge in [-0.05, 0) is 12.1 Å². The molecule has 8 heteroatoms. The molecule has 120 valence electrons. The van der Waals surface area contributed by atoms with Crippen LogP contribution in [-0.4, -0.2) is 35.0 Å². The zero-order valence-corrected chi connectivity index (χ0v) is 13.0. The molecular formula is C14H16O7S. The largest absolute Gasteiger partial charge is 0.493 e. The van der Waals surface area contributed by atoms with Gasteiger partial charge in [-0.15, -0.1) is 0 Å². The first-order valence-corrected chi connectivity index (χ1v) is 8.30. The zero-order valence-electron chi connectivity index (χ0n) is 12.2. The third kappa shape index (κ3) is 4.47. The molecule has 0 spiro atoms. The average molecular weight is 328 g/mol. The summed E-state index contributed by atoms with van der Waals surface area (Å²) < 4.78 is 42.1. The molecule has 22 heavy (non-hydrogen) atoms. The van der Waals surface area contributed by atoms with E-state index >= 15 is 0 Å². The monoisotopic (exact) mass is 328 g/mol. The molecule has 0 aliphatic rings. The molecule has 0 fully saturated rings. The smallest absolute Gasteiger partial charge is 0.336 e. The summed E-state index contributed by atoms with van der Waals surface area (Å²) in [5.41, 5.74) is -0.0687. The van der Waals surface area contributed by atoms with Crippen LogP contribution in [0.1, 0.15) is 6.42 Å². The Hall–Kier alpha value is -2.06. The summed E-state index contributed by atoms with van der Waals surface area (Å²) in [6.07, 6.45) is 1.37. The van der Waals surface area contributed by atoms with Crippen LogP contribution in [0.4, 0.5) is 0 Å². The van der Waals surface area contributed by atoms with Gasteiger partial charge in [-0.2, -0.15) is 8.42 Å². The molecule has 2 aromatic rings. The Morgan fingerprint density at radius 1 is 1.14 bits per heavy atom. The molecule has 0 saturated heterocycles. The normalized spacial score (nSPS) is 11.5. The molecule has 0 bridgehead atoms. The van der Waals surface area contributed by atoms with Crippen LogP contribution >= 0.6 is 0 Å². The molecule has 0 saturated carbocycles. The molecule has 0 atom stereocenters. The third-order valence-electron chi connectivity index (χ3n) is 2.75. The number of hydrogen-bond acceptors (Lipinski definition) is 7. The minimum atomic E-state index is -3.45. The highest BCUT2D eigenvalue weighted by molar-refractivity contribution is 7.85. The molecule has 1 aromatic carbocycles. The summed E-state index contributed by atoms with van der Waals surface area (Å²) in [6.45, 7) is 0.262. The van der Waals surface area contributed by atoms with Gasteiger partial charge in [0.15, 0.2) is 11.5 Å². The predicted octanol–water partition coefficient (Wildman–Crippen LogP) is 1.55. The molecule has 0 N–H and O–H groups in total. The Morgan fingerprint density at radius 3 is 2.59 bits per heavy atom. The molecule has 0 amide bonds. The fraction of sp³-hybridized carbons (Fsp3) is 0.357. The van der Waals surface area contributed by atoms with Crippen LogP contribution in [0.2, 0.25) is 0 Å².